The van der Waals surface area contributed by atoms with Crippen molar-refractivity contribution < 1.29 is 9.32 Å². The molecule has 0 spiro atoms. The first-order valence-electron chi connectivity index (χ1n) is 6.18. The highest BCUT2D eigenvalue weighted by molar-refractivity contribution is 5.89. The zero-order valence-electron chi connectivity index (χ0n) is 10.2. The topological polar surface area (TPSA) is 67.2 Å². The Labute approximate surface area is 101 Å². The van der Waals surface area contributed by atoms with Crippen molar-refractivity contribution in [2.75, 3.05) is 18.4 Å². The van der Waals surface area contributed by atoms with Crippen LogP contribution in [-0.4, -0.2) is 24.2 Å². The smallest absolute Gasteiger partial charge is 0.231 e. The number of rotatable bonds is 4. The number of carbonyl (C=O) groups is 1. The van der Waals surface area contributed by atoms with Crippen molar-refractivity contribution in [3.8, 4) is 0 Å². The third-order valence-electron chi connectivity index (χ3n) is 3.07. The third kappa shape index (κ3) is 3.85. The van der Waals surface area contributed by atoms with Crippen LogP contribution in [0, 0.1) is 12.8 Å². The molecule has 1 saturated heterocycles. The van der Waals surface area contributed by atoms with Gasteiger partial charge in [-0.25, -0.2) is 0 Å². The van der Waals surface area contributed by atoms with E-state index in [0.717, 1.165) is 25.2 Å². The lowest BCUT2D eigenvalue weighted by Gasteiger charge is -2.22. The number of aromatic nitrogens is 1. The summed E-state index contributed by atoms with van der Waals surface area (Å²) in [4.78, 5) is 11.6. The van der Waals surface area contributed by atoms with Gasteiger partial charge in [0.1, 0.15) is 0 Å². The number of amides is 1. The first-order valence-corrected chi connectivity index (χ1v) is 6.18. The predicted molar refractivity (Wildman–Crippen MR) is 64.7 cm³/mol. The van der Waals surface area contributed by atoms with Crippen molar-refractivity contribution >= 4 is 11.8 Å². The number of nitrogens with zero attached hydrogens (tertiary/aromatic N) is 1. The predicted octanol–water partition coefficient (Wildman–Crippen LogP) is 1.70. The highest BCUT2D eigenvalue weighted by atomic mass is 16.5. The molecule has 94 valence electrons. The van der Waals surface area contributed by atoms with Crippen molar-refractivity contribution in [3.05, 3.63) is 11.8 Å². The molecular weight excluding hydrogens is 218 g/mol. The van der Waals surface area contributed by atoms with E-state index in [4.69, 9.17) is 4.52 Å². The number of hydrogen-bond donors (Lipinski definition) is 2. The fourth-order valence-corrected chi connectivity index (χ4v) is 2.13. The van der Waals surface area contributed by atoms with Crippen LogP contribution in [0.4, 0.5) is 5.88 Å². The van der Waals surface area contributed by atoms with Crippen LogP contribution < -0.4 is 10.6 Å². The minimum absolute atomic E-state index is 0.00623. The number of carbonyl (C=O) groups excluding carboxylic acids is 1. The first-order chi connectivity index (χ1) is 8.24. The van der Waals surface area contributed by atoms with Crippen LogP contribution in [0.2, 0.25) is 0 Å². The molecule has 0 aromatic carbocycles. The number of anilines is 1. The largest absolute Gasteiger partial charge is 0.338 e. The Morgan fingerprint density at radius 2 is 2.59 bits per heavy atom. The van der Waals surface area contributed by atoms with Gasteiger partial charge in [0.15, 0.2) is 0 Å². The summed E-state index contributed by atoms with van der Waals surface area (Å²) in [6.45, 7) is 3.97. The Morgan fingerprint density at radius 1 is 1.71 bits per heavy atom. The molecule has 1 unspecified atom stereocenters. The maximum atomic E-state index is 11.6. The van der Waals surface area contributed by atoms with E-state index in [1.54, 1.807) is 6.07 Å². The molecule has 0 saturated carbocycles. The van der Waals surface area contributed by atoms with E-state index in [1.807, 2.05) is 6.92 Å². The molecule has 2 rings (SSSR count). The average molecular weight is 237 g/mol. The van der Waals surface area contributed by atoms with Gasteiger partial charge in [-0.15, -0.1) is 0 Å². The van der Waals surface area contributed by atoms with E-state index >= 15 is 0 Å². The van der Waals surface area contributed by atoms with Gasteiger partial charge in [-0.3, -0.25) is 10.1 Å². The fourth-order valence-electron chi connectivity index (χ4n) is 2.13. The molecule has 1 aromatic rings. The van der Waals surface area contributed by atoms with Gasteiger partial charge < -0.3 is 9.84 Å². The molecule has 0 aliphatic carbocycles. The van der Waals surface area contributed by atoms with Gasteiger partial charge in [-0.05, 0) is 45.2 Å². The van der Waals surface area contributed by atoms with Crippen LogP contribution in [0.25, 0.3) is 0 Å². The highest BCUT2D eigenvalue weighted by Gasteiger charge is 2.15. The second kappa shape index (κ2) is 5.82. The number of nitrogens with one attached hydrogen (secondary N) is 2. The lowest BCUT2D eigenvalue weighted by molar-refractivity contribution is -0.116. The highest BCUT2D eigenvalue weighted by Crippen LogP contribution is 2.16. The van der Waals surface area contributed by atoms with E-state index < -0.39 is 0 Å². The van der Waals surface area contributed by atoms with Crippen LogP contribution in [0.1, 0.15) is 31.4 Å². The van der Waals surface area contributed by atoms with E-state index in [9.17, 15) is 4.79 Å². The van der Waals surface area contributed by atoms with Crippen LogP contribution >= 0.6 is 0 Å². The minimum atomic E-state index is 0.00623. The van der Waals surface area contributed by atoms with Gasteiger partial charge in [0.2, 0.25) is 11.8 Å². The number of piperidine rings is 1. The Morgan fingerprint density at radius 3 is 3.24 bits per heavy atom. The monoisotopic (exact) mass is 237 g/mol. The standard InChI is InChI=1S/C12H19N3O2/c1-9-7-12(17-15-9)14-11(16)5-4-10-3-2-6-13-8-10/h7,10,13H,2-6,8H2,1H3,(H,14,16). The normalized spacial score (nSPS) is 20.2. The Hall–Kier alpha value is -1.36. The summed E-state index contributed by atoms with van der Waals surface area (Å²) in [5.41, 5.74) is 0.775. The second-order valence-corrected chi connectivity index (χ2v) is 4.63. The van der Waals surface area contributed by atoms with E-state index in [2.05, 4.69) is 15.8 Å². The summed E-state index contributed by atoms with van der Waals surface area (Å²) >= 11 is 0. The van der Waals surface area contributed by atoms with Crippen molar-refractivity contribution in [1.29, 1.82) is 0 Å². The van der Waals surface area contributed by atoms with Crippen LogP contribution in [0.3, 0.4) is 0 Å². The van der Waals surface area contributed by atoms with Gasteiger partial charge in [0, 0.05) is 12.5 Å². The Balaban J connectivity index is 1.70. The summed E-state index contributed by atoms with van der Waals surface area (Å²) in [5.74, 6) is 1.08. The molecule has 1 amide bonds. The lowest BCUT2D eigenvalue weighted by Crippen LogP contribution is -2.30. The van der Waals surface area contributed by atoms with Gasteiger partial charge >= 0.3 is 0 Å². The summed E-state index contributed by atoms with van der Waals surface area (Å²) in [6.07, 6.45) is 3.92. The molecule has 2 heterocycles. The second-order valence-electron chi connectivity index (χ2n) is 4.63. The van der Waals surface area contributed by atoms with Gasteiger partial charge in [-0.1, -0.05) is 5.16 Å². The molecular formula is C12H19N3O2. The van der Waals surface area contributed by atoms with E-state index in [1.165, 1.54) is 12.8 Å². The Bertz CT molecular complexity index is 370. The molecule has 1 fully saturated rings. The summed E-state index contributed by atoms with van der Waals surface area (Å²) in [5, 5.41) is 9.79. The van der Waals surface area contributed by atoms with Gasteiger partial charge in [0.25, 0.3) is 0 Å². The van der Waals surface area contributed by atoms with Crippen molar-refractivity contribution in [3.63, 3.8) is 0 Å². The minimum Gasteiger partial charge on any atom is -0.338 e. The maximum absolute atomic E-state index is 11.6. The summed E-state index contributed by atoms with van der Waals surface area (Å²) in [6, 6.07) is 1.72. The zero-order valence-corrected chi connectivity index (χ0v) is 10.2. The van der Waals surface area contributed by atoms with Crippen molar-refractivity contribution in [1.82, 2.24) is 10.5 Å². The fraction of sp³-hybridized carbons (Fsp3) is 0.667. The zero-order chi connectivity index (χ0) is 12.1. The molecule has 0 radical (unpaired) electrons. The molecule has 1 aliphatic rings. The van der Waals surface area contributed by atoms with Crippen LogP contribution in [0.15, 0.2) is 10.6 Å². The molecule has 0 bridgehead atoms. The van der Waals surface area contributed by atoms with E-state index in [0.29, 0.717) is 18.2 Å². The Kier molecular flexibility index (Phi) is 4.14. The van der Waals surface area contributed by atoms with Gasteiger partial charge in [0.05, 0.1) is 5.69 Å². The maximum Gasteiger partial charge on any atom is 0.231 e. The van der Waals surface area contributed by atoms with Crippen molar-refractivity contribution in [2.24, 2.45) is 5.92 Å². The SMILES string of the molecule is Cc1cc(NC(=O)CCC2CCCNC2)on1. The molecule has 17 heavy (non-hydrogen) atoms. The molecule has 5 nitrogen and oxygen atoms in total. The molecule has 1 atom stereocenters. The number of hydrogen-bond acceptors (Lipinski definition) is 4. The van der Waals surface area contributed by atoms with Crippen LogP contribution in [-0.2, 0) is 4.79 Å². The lowest BCUT2D eigenvalue weighted by atomic mass is 9.94. The first kappa shape index (κ1) is 12.1. The molecule has 1 aromatic heterocycles. The molecule has 1 aliphatic heterocycles. The quantitative estimate of drug-likeness (QED) is 0.836. The average Bonchev–Trinajstić information content (AvgIpc) is 2.73. The van der Waals surface area contributed by atoms with Gasteiger partial charge in [-0.2, -0.15) is 0 Å². The molecule has 5 heteroatoms. The number of aryl methyl sites for hydroxylation is 1. The summed E-state index contributed by atoms with van der Waals surface area (Å²) in [7, 11) is 0. The third-order valence-corrected chi connectivity index (χ3v) is 3.07. The molecule has 2 N–H and O–H groups in total. The van der Waals surface area contributed by atoms with Crippen LogP contribution in [0.5, 0.6) is 0 Å². The van der Waals surface area contributed by atoms with Crippen molar-refractivity contribution in [2.45, 2.75) is 32.6 Å². The summed E-state index contributed by atoms with van der Waals surface area (Å²) < 4.78 is 4.93. The van der Waals surface area contributed by atoms with E-state index in [-0.39, 0.29) is 5.91 Å².